The van der Waals surface area contributed by atoms with Gasteiger partial charge in [-0.25, -0.2) is 14.4 Å². The van der Waals surface area contributed by atoms with Gasteiger partial charge in [-0.05, 0) is 25.3 Å². The predicted molar refractivity (Wildman–Crippen MR) is 84.3 cm³/mol. The van der Waals surface area contributed by atoms with Gasteiger partial charge in [-0.15, -0.1) is 0 Å². The zero-order valence-electron chi connectivity index (χ0n) is 13.5. The largest absolute Gasteiger partial charge is 0.478 e. The summed E-state index contributed by atoms with van der Waals surface area (Å²) in [6.45, 7) is 4.83. The summed E-state index contributed by atoms with van der Waals surface area (Å²) in [7, 11) is 0. The highest BCUT2D eigenvalue weighted by Crippen LogP contribution is 2.25. The molecule has 24 heavy (non-hydrogen) atoms. The number of likely N-dealkylation sites (tertiary alicyclic amines) is 1. The Morgan fingerprint density at radius 3 is 2.42 bits per heavy atom. The van der Waals surface area contributed by atoms with Gasteiger partial charge in [0, 0.05) is 31.8 Å². The third kappa shape index (κ3) is 6.37. The highest BCUT2D eigenvalue weighted by molar-refractivity contribution is 5.96. The normalized spacial score (nSPS) is 22.5. The summed E-state index contributed by atoms with van der Waals surface area (Å²) in [5.74, 6) is -2.10. The Bertz CT molecular complexity index is 503. The van der Waals surface area contributed by atoms with Crippen LogP contribution in [-0.4, -0.2) is 65.2 Å². The number of carbonyl (C=O) groups is 4. The first-order chi connectivity index (χ1) is 11.3. The van der Waals surface area contributed by atoms with E-state index in [0.29, 0.717) is 37.7 Å². The van der Waals surface area contributed by atoms with E-state index in [-0.39, 0.29) is 17.9 Å². The average molecular weight is 341 g/mol. The minimum Gasteiger partial charge on any atom is -0.478 e. The molecule has 0 spiro atoms. The number of amides is 3. The van der Waals surface area contributed by atoms with Crippen LogP contribution in [0.2, 0.25) is 0 Å². The lowest BCUT2D eigenvalue weighted by atomic mass is 9.85. The fourth-order valence-corrected chi connectivity index (χ4v) is 2.58. The van der Waals surface area contributed by atoms with Crippen LogP contribution >= 0.6 is 0 Å². The Kier molecular flexibility index (Phi) is 7.90. The molecule has 0 saturated carbocycles. The maximum atomic E-state index is 12.0. The summed E-state index contributed by atoms with van der Waals surface area (Å²) in [6, 6.07) is -0.219. The smallest absolute Gasteiger partial charge is 0.328 e. The van der Waals surface area contributed by atoms with Crippen LogP contribution < -0.4 is 10.6 Å². The summed E-state index contributed by atoms with van der Waals surface area (Å²) in [5.41, 5.74) is 0. The van der Waals surface area contributed by atoms with E-state index in [1.165, 1.54) is 4.90 Å². The van der Waals surface area contributed by atoms with E-state index in [9.17, 15) is 19.2 Å². The van der Waals surface area contributed by atoms with Crippen LogP contribution in [0.15, 0.2) is 12.2 Å². The van der Waals surface area contributed by atoms with E-state index < -0.39 is 11.9 Å². The fraction of sp³-hybridized carbons (Fsp3) is 0.600. The summed E-state index contributed by atoms with van der Waals surface area (Å²) in [6.07, 6.45) is 2.94. The van der Waals surface area contributed by atoms with Gasteiger partial charge in [-0.3, -0.25) is 9.69 Å². The van der Waals surface area contributed by atoms with Crippen molar-refractivity contribution >= 4 is 23.9 Å². The minimum absolute atomic E-state index is 0.000114. The number of hydrogen-bond donors (Lipinski definition) is 4. The molecule has 2 saturated heterocycles. The lowest BCUT2D eigenvalue weighted by Gasteiger charge is -2.39. The first-order valence-electron chi connectivity index (χ1n) is 7.79. The molecule has 2 atom stereocenters. The maximum absolute atomic E-state index is 12.0. The van der Waals surface area contributed by atoms with Gasteiger partial charge in [0.15, 0.2) is 0 Å². The number of carboxylic acids is 2. The molecule has 3 amide bonds. The Labute approximate surface area is 139 Å². The van der Waals surface area contributed by atoms with Crippen LogP contribution in [0.25, 0.3) is 0 Å². The quantitative estimate of drug-likeness (QED) is 0.524. The van der Waals surface area contributed by atoms with E-state index in [4.69, 9.17) is 10.2 Å². The number of piperidine rings is 2. The van der Waals surface area contributed by atoms with E-state index in [2.05, 4.69) is 10.6 Å². The summed E-state index contributed by atoms with van der Waals surface area (Å²) in [5, 5.41) is 21.6. The van der Waals surface area contributed by atoms with Crippen molar-refractivity contribution in [2.75, 3.05) is 26.2 Å². The number of aliphatic carboxylic acids is 2. The molecule has 9 nitrogen and oxygen atoms in total. The second-order valence-corrected chi connectivity index (χ2v) is 5.65. The molecule has 2 bridgehead atoms. The molecule has 0 radical (unpaired) electrons. The molecule has 2 aliphatic heterocycles. The van der Waals surface area contributed by atoms with Gasteiger partial charge >= 0.3 is 18.0 Å². The zero-order chi connectivity index (χ0) is 18.1. The molecule has 0 aromatic rings. The number of hydrogen-bond acceptors (Lipinski definition) is 5. The number of nitrogens with one attached hydrogen (secondary N) is 2. The summed E-state index contributed by atoms with van der Waals surface area (Å²) >= 11 is 0. The van der Waals surface area contributed by atoms with Gasteiger partial charge in [-0.2, -0.15) is 0 Å². The molecule has 0 aromatic heterocycles. The number of carbonyl (C=O) groups excluding carboxylic acids is 2. The Morgan fingerprint density at radius 1 is 1.25 bits per heavy atom. The molecular weight excluding hydrogens is 318 g/mol. The van der Waals surface area contributed by atoms with Crippen molar-refractivity contribution in [3.8, 4) is 0 Å². The molecule has 0 aliphatic carbocycles. The number of fused-ring (bicyclic) bond motifs is 2. The Morgan fingerprint density at radius 2 is 1.88 bits per heavy atom. The molecule has 2 heterocycles. The topological polar surface area (TPSA) is 136 Å². The number of carboxylic acid groups (broad SMARTS) is 2. The number of nitrogens with zero attached hydrogens (tertiary/aromatic N) is 1. The van der Waals surface area contributed by atoms with Crippen LogP contribution in [0.4, 0.5) is 4.79 Å². The Balaban J connectivity index is 0.000000307. The molecule has 2 fully saturated rings. The van der Waals surface area contributed by atoms with Gasteiger partial charge in [0.25, 0.3) is 0 Å². The molecule has 2 unspecified atom stereocenters. The van der Waals surface area contributed by atoms with Gasteiger partial charge in [0.2, 0.25) is 5.91 Å². The van der Waals surface area contributed by atoms with Crippen LogP contribution in [0, 0.1) is 11.8 Å². The lowest BCUT2D eigenvalue weighted by molar-refractivity contribution is -0.137. The van der Waals surface area contributed by atoms with Crippen LogP contribution in [-0.2, 0) is 14.4 Å². The van der Waals surface area contributed by atoms with Gasteiger partial charge in [-0.1, -0.05) is 6.92 Å². The van der Waals surface area contributed by atoms with Crippen molar-refractivity contribution in [2.24, 2.45) is 11.8 Å². The summed E-state index contributed by atoms with van der Waals surface area (Å²) in [4.78, 5) is 44.2. The maximum Gasteiger partial charge on any atom is 0.328 e. The zero-order valence-corrected chi connectivity index (χ0v) is 13.5. The third-order valence-electron chi connectivity index (χ3n) is 3.64. The van der Waals surface area contributed by atoms with E-state index in [1.54, 1.807) is 0 Å². The number of rotatable bonds is 4. The fourth-order valence-electron chi connectivity index (χ4n) is 2.58. The van der Waals surface area contributed by atoms with Crippen molar-refractivity contribution in [3.05, 3.63) is 12.2 Å². The number of urea groups is 1. The van der Waals surface area contributed by atoms with Crippen LogP contribution in [0.5, 0.6) is 0 Å². The second-order valence-electron chi connectivity index (χ2n) is 5.65. The van der Waals surface area contributed by atoms with Crippen molar-refractivity contribution in [2.45, 2.75) is 19.8 Å². The van der Waals surface area contributed by atoms with E-state index >= 15 is 0 Å². The van der Waals surface area contributed by atoms with Gasteiger partial charge in [0.05, 0.1) is 5.92 Å². The number of imide groups is 1. The van der Waals surface area contributed by atoms with Crippen molar-refractivity contribution < 1.29 is 29.4 Å². The third-order valence-corrected chi connectivity index (χ3v) is 3.64. The Hall–Kier alpha value is -2.42. The van der Waals surface area contributed by atoms with Crippen LogP contribution in [0.3, 0.4) is 0 Å². The van der Waals surface area contributed by atoms with E-state index in [0.717, 1.165) is 19.4 Å². The SMILES string of the molecule is CCCNC(=O)N1CC2CNCC(C2)C1=O.O=C(O)/C=C/C(=O)O. The van der Waals surface area contributed by atoms with E-state index in [1.807, 2.05) is 6.92 Å². The van der Waals surface area contributed by atoms with Gasteiger partial charge < -0.3 is 20.8 Å². The standard InChI is InChI=1S/C11H19N3O2.C4H4O4/c1-2-3-13-11(16)14-7-8-4-9(10(14)15)6-12-5-8;5-3(6)1-2-4(7)8/h8-9,12H,2-7H2,1H3,(H,13,16);1-2H,(H,5,6)(H,7,8)/b;2-1+. The first-order valence-corrected chi connectivity index (χ1v) is 7.79. The molecular formula is C15H23N3O6. The van der Waals surface area contributed by atoms with Gasteiger partial charge in [0.1, 0.15) is 0 Å². The molecule has 0 aromatic carbocycles. The highest BCUT2D eigenvalue weighted by atomic mass is 16.4. The van der Waals surface area contributed by atoms with Crippen molar-refractivity contribution in [3.63, 3.8) is 0 Å². The predicted octanol–water partition coefficient (Wildman–Crippen LogP) is -0.114. The molecule has 2 rings (SSSR count). The van der Waals surface area contributed by atoms with Crippen LogP contribution in [0.1, 0.15) is 19.8 Å². The van der Waals surface area contributed by atoms with Crippen molar-refractivity contribution in [1.82, 2.24) is 15.5 Å². The van der Waals surface area contributed by atoms with Crippen molar-refractivity contribution in [1.29, 1.82) is 0 Å². The molecule has 2 aliphatic rings. The highest BCUT2D eigenvalue weighted by Gasteiger charge is 2.39. The monoisotopic (exact) mass is 341 g/mol. The molecule has 4 N–H and O–H groups in total. The minimum atomic E-state index is -1.26. The average Bonchev–Trinajstić information content (AvgIpc) is 2.55. The lowest BCUT2D eigenvalue weighted by Crippen LogP contribution is -2.58. The second kappa shape index (κ2) is 9.66. The first kappa shape index (κ1) is 19.6. The molecule has 9 heteroatoms. The summed E-state index contributed by atoms with van der Waals surface area (Å²) < 4.78 is 0. The molecule has 134 valence electrons.